The average Bonchev–Trinajstić information content (AvgIpc) is 3.25. The van der Waals surface area contributed by atoms with Gasteiger partial charge in [0.05, 0.1) is 11.8 Å². The molecule has 1 N–H and O–H groups in total. The number of unbranched alkanes of at least 4 members (excludes halogenated alkanes) is 8. The highest BCUT2D eigenvalue weighted by atomic mass is 32.2. The fraction of sp³-hybridized carbons (Fsp3) is 0.593. The molecule has 0 fully saturated rings. The summed E-state index contributed by atoms with van der Waals surface area (Å²) in [5.41, 5.74) is 2.26. The number of benzene rings is 1. The molecule has 3 rings (SSSR count). The van der Waals surface area contributed by atoms with E-state index in [4.69, 9.17) is 5.10 Å². The monoisotopic (exact) mass is 468 g/mol. The molecule has 5 nitrogen and oxygen atoms in total. The van der Waals surface area contributed by atoms with Crippen LogP contribution >= 0.6 is 11.8 Å². The van der Waals surface area contributed by atoms with Gasteiger partial charge in [-0.25, -0.2) is 0 Å². The first kappa shape index (κ1) is 25.7. The van der Waals surface area contributed by atoms with Crippen LogP contribution in [0, 0.1) is 0 Å². The van der Waals surface area contributed by atoms with Crippen LogP contribution in [0.4, 0.5) is 0 Å². The van der Waals surface area contributed by atoms with E-state index >= 15 is 0 Å². The molecule has 1 aliphatic heterocycles. The zero-order chi connectivity index (χ0) is 23.1. The molecule has 1 aliphatic rings. The maximum Gasteiger partial charge on any atom is 0.212 e. The van der Waals surface area contributed by atoms with E-state index in [1.165, 1.54) is 50.5 Å². The predicted octanol–water partition coefficient (Wildman–Crippen LogP) is 6.80. The highest BCUT2D eigenvalue weighted by Gasteiger charge is 2.19. The van der Waals surface area contributed by atoms with Crippen LogP contribution < -0.4 is 0 Å². The molecule has 2 heterocycles. The number of aliphatic hydroxyl groups excluding tert-OH is 1. The van der Waals surface area contributed by atoms with Crippen molar-refractivity contribution in [2.24, 2.45) is 5.10 Å². The SMILES string of the molecule is CCCCCCC(O)C/C=C\CCCCCCCc1nnc2n1N=C(c1ccccc1)CS2. The Labute approximate surface area is 203 Å². The van der Waals surface area contributed by atoms with Crippen LogP contribution in [0.2, 0.25) is 0 Å². The molecule has 180 valence electrons. The first-order valence-corrected chi connectivity index (χ1v) is 13.8. The van der Waals surface area contributed by atoms with E-state index in [0.29, 0.717) is 0 Å². The van der Waals surface area contributed by atoms with Crippen molar-refractivity contribution < 1.29 is 5.11 Å². The number of nitrogens with zero attached hydrogens (tertiary/aromatic N) is 4. The van der Waals surface area contributed by atoms with Crippen molar-refractivity contribution >= 4 is 17.5 Å². The van der Waals surface area contributed by atoms with E-state index in [0.717, 1.165) is 61.0 Å². The molecule has 1 aromatic carbocycles. The van der Waals surface area contributed by atoms with E-state index in [9.17, 15) is 5.11 Å². The van der Waals surface area contributed by atoms with Gasteiger partial charge in [-0.05, 0) is 37.7 Å². The fourth-order valence-electron chi connectivity index (χ4n) is 4.07. The lowest BCUT2D eigenvalue weighted by Crippen LogP contribution is -2.14. The molecular formula is C27H40N4OS. The van der Waals surface area contributed by atoms with Gasteiger partial charge in [-0.3, -0.25) is 0 Å². The van der Waals surface area contributed by atoms with Crippen molar-refractivity contribution in [1.82, 2.24) is 14.9 Å². The minimum atomic E-state index is -0.160. The summed E-state index contributed by atoms with van der Waals surface area (Å²) in [7, 11) is 0. The molecule has 0 bridgehead atoms. The molecule has 1 unspecified atom stereocenters. The summed E-state index contributed by atoms with van der Waals surface area (Å²) in [6.45, 7) is 2.22. The molecule has 0 saturated heterocycles. The zero-order valence-electron chi connectivity index (χ0n) is 20.2. The van der Waals surface area contributed by atoms with E-state index in [-0.39, 0.29) is 6.10 Å². The number of aryl methyl sites for hydroxylation is 1. The van der Waals surface area contributed by atoms with Gasteiger partial charge in [0.1, 0.15) is 0 Å². The van der Waals surface area contributed by atoms with Crippen molar-refractivity contribution in [1.29, 1.82) is 0 Å². The Balaban J connectivity index is 1.27. The zero-order valence-corrected chi connectivity index (χ0v) is 21.0. The van der Waals surface area contributed by atoms with E-state index in [1.54, 1.807) is 11.8 Å². The number of aromatic nitrogens is 3. The van der Waals surface area contributed by atoms with Crippen molar-refractivity contribution in [2.45, 2.75) is 102 Å². The third-order valence-corrected chi connectivity index (χ3v) is 7.01. The summed E-state index contributed by atoms with van der Waals surface area (Å²) in [5.74, 6) is 1.82. The predicted molar refractivity (Wildman–Crippen MR) is 139 cm³/mol. The second-order valence-corrected chi connectivity index (χ2v) is 9.87. The van der Waals surface area contributed by atoms with Gasteiger partial charge in [0.15, 0.2) is 5.82 Å². The van der Waals surface area contributed by atoms with Crippen molar-refractivity contribution in [3.63, 3.8) is 0 Å². The van der Waals surface area contributed by atoms with Crippen LogP contribution in [0.5, 0.6) is 0 Å². The summed E-state index contributed by atoms with van der Waals surface area (Å²) in [6, 6.07) is 10.4. The van der Waals surface area contributed by atoms with Gasteiger partial charge in [-0.1, -0.05) is 106 Å². The standard InChI is InChI=1S/C27H40N4OS/c1-2-3-4-14-19-24(32)20-15-9-7-5-6-8-10-16-21-26-28-29-27-31(26)30-25(22-33-27)23-17-12-11-13-18-23/h9,11-13,15,17-18,24,32H,2-8,10,14,16,19-22H2,1H3/b15-9-. The average molecular weight is 469 g/mol. The number of thioether (sulfide) groups is 1. The first-order valence-electron chi connectivity index (χ1n) is 12.8. The first-order chi connectivity index (χ1) is 16.3. The van der Waals surface area contributed by atoms with Gasteiger partial charge in [0.2, 0.25) is 5.16 Å². The summed E-state index contributed by atoms with van der Waals surface area (Å²) < 4.78 is 1.94. The fourth-order valence-corrected chi connectivity index (χ4v) is 4.92. The lowest BCUT2D eigenvalue weighted by Gasteiger charge is -2.13. The Hall–Kier alpha value is -1.92. The third-order valence-electron chi connectivity index (χ3n) is 6.08. The van der Waals surface area contributed by atoms with Gasteiger partial charge in [-0.2, -0.15) is 9.78 Å². The Bertz CT molecular complexity index is 862. The van der Waals surface area contributed by atoms with E-state index < -0.39 is 0 Å². The number of rotatable bonds is 16. The summed E-state index contributed by atoms with van der Waals surface area (Å²) in [4.78, 5) is 0. The number of allylic oxidation sites excluding steroid dienone is 1. The van der Waals surface area contributed by atoms with Gasteiger partial charge >= 0.3 is 0 Å². The van der Waals surface area contributed by atoms with Crippen LogP contribution in [0.25, 0.3) is 0 Å². The molecule has 2 aromatic rings. The lowest BCUT2D eigenvalue weighted by molar-refractivity contribution is 0.163. The topological polar surface area (TPSA) is 63.3 Å². The molecule has 6 heteroatoms. The van der Waals surface area contributed by atoms with Crippen LogP contribution in [0.1, 0.15) is 95.4 Å². The lowest BCUT2D eigenvalue weighted by atomic mass is 10.1. The largest absolute Gasteiger partial charge is 0.393 e. The number of hydrogen-bond donors (Lipinski definition) is 1. The van der Waals surface area contributed by atoms with Crippen LogP contribution in [0.3, 0.4) is 0 Å². The smallest absolute Gasteiger partial charge is 0.212 e. The van der Waals surface area contributed by atoms with Crippen LogP contribution in [-0.4, -0.2) is 37.5 Å². The Kier molecular flexibility index (Phi) is 11.7. The minimum Gasteiger partial charge on any atom is -0.393 e. The van der Waals surface area contributed by atoms with E-state index in [2.05, 4.69) is 53.5 Å². The maximum absolute atomic E-state index is 10.0. The van der Waals surface area contributed by atoms with Gasteiger partial charge in [0, 0.05) is 12.2 Å². The van der Waals surface area contributed by atoms with Gasteiger partial charge < -0.3 is 5.11 Å². The number of hydrogen-bond acceptors (Lipinski definition) is 5. The van der Waals surface area contributed by atoms with Crippen LogP contribution in [0.15, 0.2) is 52.7 Å². The molecule has 1 atom stereocenters. The second-order valence-electron chi connectivity index (χ2n) is 8.93. The minimum absolute atomic E-state index is 0.160. The molecule has 0 amide bonds. The van der Waals surface area contributed by atoms with Crippen molar-refractivity contribution in [2.75, 3.05) is 5.75 Å². The Morgan fingerprint density at radius 2 is 1.76 bits per heavy atom. The summed E-state index contributed by atoms with van der Waals surface area (Å²) in [5, 5.41) is 24.5. The molecule has 33 heavy (non-hydrogen) atoms. The van der Waals surface area contributed by atoms with E-state index in [1.807, 2.05) is 10.7 Å². The quantitative estimate of drug-likeness (QED) is 0.217. The maximum atomic E-state index is 10.0. The molecule has 0 radical (unpaired) electrons. The molecule has 0 saturated carbocycles. The van der Waals surface area contributed by atoms with Gasteiger partial charge in [0.25, 0.3) is 0 Å². The summed E-state index contributed by atoms with van der Waals surface area (Å²) >= 11 is 1.71. The molecule has 0 aliphatic carbocycles. The van der Waals surface area contributed by atoms with Crippen molar-refractivity contribution in [3.8, 4) is 0 Å². The molecule has 1 aromatic heterocycles. The highest BCUT2D eigenvalue weighted by molar-refractivity contribution is 7.99. The normalized spacial score (nSPS) is 14.4. The Morgan fingerprint density at radius 1 is 0.970 bits per heavy atom. The van der Waals surface area contributed by atoms with Crippen LogP contribution in [-0.2, 0) is 6.42 Å². The van der Waals surface area contributed by atoms with Crippen molar-refractivity contribution in [3.05, 3.63) is 53.9 Å². The van der Waals surface area contributed by atoms with Gasteiger partial charge in [-0.15, -0.1) is 10.2 Å². The second kappa shape index (κ2) is 15.1. The highest BCUT2D eigenvalue weighted by Crippen LogP contribution is 2.24. The Morgan fingerprint density at radius 3 is 2.61 bits per heavy atom. The summed E-state index contributed by atoms with van der Waals surface area (Å²) in [6.07, 6.45) is 19.1. The number of aliphatic hydroxyl groups is 1. The molecule has 0 spiro atoms. The molecular weight excluding hydrogens is 428 g/mol. The third kappa shape index (κ3) is 9.09. The number of fused-ring (bicyclic) bond motifs is 1.